The highest BCUT2D eigenvalue weighted by atomic mass is 35.5. The summed E-state index contributed by atoms with van der Waals surface area (Å²) in [7, 11) is 1.46. The molecule has 0 spiro atoms. The number of amides is 1. The number of rotatable bonds is 7. The minimum atomic E-state index is -4.43. The van der Waals surface area contributed by atoms with Gasteiger partial charge in [-0.3, -0.25) is 4.79 Å². The number of ether oxygens (including phenoxy) is 1. The van der Waals surface area contributed by atoms with Crippen LogP contribution in [0.25, 0.3) is 0 Å². The average molecular weight is 348 g/mol. The fraction of sp³-hybridized carbons (Fsp3) is 0.636. The lowest BCUT2D eigenvalue weighted by molar-refractivity contribution is -0.140. The predicted molar refractivity (Wildman–Crippen MR) is 75.5 cm³/mol. The number of thiazole rings is 1. The van der Waals surface area contributed by atoms with E-state index < -0.39 is 11.9 Å². The second-order valence-corrected chi connectivity index (χ2v) is 4.96. The monoisotopic (exact) mass is 347 g/mol. The topological polar surface area (TPSA) is 77.2 Å². The van der Waals surface area contributed by atoms with Crippen molar-refractivity contribution in [3.63, 3.8) is 0 Å². The van der Waals surface area contributed by atoms with E-state index in [0.29, 0.717) is 5.01 Å². The van der Waals surface area contributed by atoms with Crippen molar-refractivity contribution in [2.24, 2.45) is 5.73 Å². The predicted octanol–water partition coefficient (Wildman–Crippen LogP) is 1.61. The van der Waals surface area contributed by atoms with E-state index in [1.807, 2.05) is 0 Å². The van der Waals surface area contributed by atoms with E-state index in [1.54, 1.807) is 0 Å². The summed E-state index contributed by atoms with van der Waals surface area (Å²) < 4.78 is 41.9. The zero-order valence-corrected chi connectivity index (χ0v) is 12.9. The van der Waals surface area contributed by atoms with Gasteiger partial charge in [0.2, 0.25) is 5.91 Å². The molecule has 0 saturated heterocycles. The van der Waals surface area contributed by atoms with Gasteiger partial charge >= 0.3 is 6.18 Å². The number of methoxy groups -OCH3 is 1. The highest BCUT2D eigenvalue weighted by molar-refractivity contribution is 7.09. The van der Waals surface area contributed by atoms with Crippen molar-refractivity contribution < 1.29 is 22.7 Å². The largest absolute Gasteiger partial charge is 0.434 e. The number of nitrogens with zero attached hydrogens (tertiary/aromatic N) is 1. The van der Waals surface area contributed by atoms with Crippen LogP contribution in [0.5, 0.6) is 0 Å². The summed E-state index contributed by atoms with van der Waals surface area (Å²) in [5.41, 5.74) is 4.48. The normalized spacial score (nSPS) is 12.6. The van der Waals surface area contributed by atoms with Gasteiger partial charge in [0.15, 0.2) is 5.69 Å². The summed E-state index contributed by atoms with van der Waals surface area (Å²) in [6.07, 6.45) is -4.40. The molecule has 0 radical (unpaired) electrons. The molecule has 0 aliphatic carbocycles. The highest BCUT2D eigenvalue weighted by Crippen LogP contribution is 2.29. The van der Waals surface area contributed by atoms with E-state index in [0.717, 1.165) is 16.7 Å². The molecule has 1 atom stereocenters. The average Bonchev–Trinajstić information content (AvgIpc) is 2.84. The second kappa shape index (κ2) is 9.19. The van der Waals surface area contributed by atoms with Crippen molar-refractivity contribution in [3.8, 4) is 0 Å². The number of hydrogen-bond acceptors (Lipinski definition) is 5. The van der Waals surface area contributed by atoms with Crippen LogP contribution in [-0.2, 0) is 22.1 Å². The molecule has 1 amide bonds. The molecule has 0 aliphatic heterocycles. The van der Waals surface area contributed by atoms with Gasteiger partial charge in [-0.1, -0.05) is 0 Å². The Morgan fingerprint density at radius 1 is 1.57 bits per heavy atom. The number of halogens is 4. The van der Waals surface area contributed by atoms with E-state index >= 15 is 0 Å². The third-order valence-corrected chi connectivity index (χ3v) is 3.42. The number of hydrogen-bond donors (Lipinski definition) is 2. The van der Waals surface area contributed by atoms with Crippen molar-refractivity contribution in [2.75, 3.05) is 20.2 Å². The Hall–Kier alpha value is -0.900. The summed E-state index contributed by atoms with van der Waals surface area (Å²) in [5.74, 6) is -0.255. The van der Waals surface area contributed by atoms with Crippen LogP contribution in [0.3, 0.4) is 0 Å². The van der Waals surface area contributed by atoms with Gasteiger partial charge in [0.1, 0.15) is 0 Å². The van der Waals surface area contributed by atoms with Crippen LogP contribution in [0.15, 0.2) is 5.38 Å². The highest BCUT2D eigenvalue weighted by Gasteiger charge is 2.33. The third-order valence-electron chi connectivity index (χ3n) is 2.51. The fourth-order valence-corrected chi connectivity index (χ4v) is 2.21. The Morgan fingerprint density at radius 3 is 2.71 bits per heavy atom. The minimum absolute atomic E-state index is 0. The SMILES string of the molecule is COC(CN)CC(=O)NCCc1nc(C(F)(F)F)cs1.Cl. The van der Waals surface area contributed by atoms with Gasteiger partial charge in [0, 0.05) is 32.0 Å². The maximum Gasteiger partial charge on any atom is 0.434 e. The zero-order valence-electron chi connectivity index (χ0n) is 11.3. The molecule has 122 valence electrons. The Morgan fingerprint density at radius 2 is 2.24 bits per heavy atom. The van der Waals surface area contributed by atoms with Crippen molar-refractivity contribution in [3.05, 3.63) is 16.1 Å². The van der Waals surface area contributed by atoms with E-state index in [-0.39, 0.29) is 50.3 Å². The molecule has 0 aromatic carbocycles. The zero-order chi connectivity index (χ0) is 15.2. The molecule has 0 bridgehead atoms. The lowest BCUT2D eigenvalue weighted by Crippen LogP contribution is -2.33. The van der Waals surface area contributed by atoms with Gasteiger partial charge in [0.05, 0.1) is 17.5 Å². The van der Waals surface area contributed by atoms with Crippen LogP contribution in [0, 0.1) is 0 Å². The van der Waals surface area contributed by atoms with Crippen molar-refractivity contribution in [1.82, 2.24) is 10.3 Å². The number of carbonyl (C=O) groups is 1. The van der Waals surface area contributed by atoms with Crippen molar-refractivity contribution in [2.45, 2.75) is 25.1 Å². The molecule has 1 aromatic heterocycles. The van der Waals surface area contributed by atoms with Crippen LogP contribution in [0.2, 0.25) is 0 Å². The third kappa shape index (κ3) is 7.07. The van der Waals surface area contributed by atoms with Gasteiger partial charge in [0.25, 0.3) is 0 Å². The van der Waals surface area contributed by atoms with Gasteiger partial charge in [-0.25, -0.2) is 4.98 Å². The van der Waals surface area contributed by atoms with Crippen molar-refractivity contribution in [1.29, 1.82) is 0 Å². The van der Waals surface area contributed by atoms with Gasteiger partial charge in [-0.05, 0) is 0 Å². The van der Waals surface area contributed by atoms with Crippen LogP contribution in [-0.4, -0.2) is 37.2 Å². The molecule has 10 heteroatoms. The first-order chi connectivity index (χ1) is 9.36. The summed E-state index contributed by atoms with van der Waals surface area (Å²) in [5, 5.41) is 3.89. The number of aromatic nitrogens is 1. The number of alkyl halides is 3. The lowest BCUT2D eigenvalue weighted by Gasteiger charge is -2.12. The van der Waals surface area contributed by atoms with Gasteiger partial charge in [-0.15, -0.1) is 23.7 Å². The first-order valence-corrected chi connectivity index (χ1v) is 6.76. The summed E-state index contributed by atoms with van der Waals surface area (Å²) in [6.45, 7) is 0.454. The van der Waals surface area contributed by atoms with Crippen LogP contribution in [0.4, 0.5) is 13.2 Å². The standard InChI is InChI=1S/C11H16F3N3O2S.ClH/c1-19-7(5-15)4-9(18)16-3-2-10-17-8(6-20-10)11(12,13)14;/h6-7H,2-5,15H2,1H3,(H,16,18);1H. The van der Waals surface area contributed by atoms with Crippen LogP contribution < -0.4 is 11.1 Å². The minimum Gasteiger partial charge on any atom is -0.380 e. The molecule has 1 rings (SSSR count). The van der Waals surface area contributed by atoms with Crippen LogP contribution in [0.1, 0.15) is 17.1 Å². The smallest absolute Gasteiger partial charge is 0.380 e. The molecule has 3 N–H and O–H groups in total. The Bertz CT molecular complexity index is 439. The molecular weight excluding hydrogens is 331 g/mol. The lowest BCUT2D eigenvalue weighted by atomic mass is 10.2. The summed E-state index contributed by atoms with van der Waals surface area (Å²) in [6, 6.07) is 0. The number of nitrogens with one attached hydrogen (secondary N) is 1. The summed E-state index contributed by atoms with van der Waals surface area (Å²) in [4.78, 5) is 15.0. The maximum atomic E-state index is 12.3. The Labute approximate surface area is 130 Å². The number of carbonyl (C=O) groups excluding carboxylic acids is 1. The molecule has 1 aromatic rings. The summed E-state index contributed by atoms with van der Waals surface area (Å²) >= 11 is 0.924. The molecule has 0 fully saturated rings. The van der Waals surface area contributed by atoms with E-state index in [9.17, 15) is 18.0 Å². The molecule has 1 heterocycles. The molecular formula is C11H17ClF3N3O2S. The first kappa shape index (κ1) is 20.1. The molecule has 0 aliphatic rings. The van der Waals surface area contributed by atoms with E-state index in [1.165, 1.54) is 7.11 Å². The van der Waals surface area contributed by atoms with E-state index in [4.69, 9.17) is 10.5 Å². The Kier molecular flexibility index (Phi) is 8.79. The molecule has 5 nitrogen and oxygen atoms in total. The van der Waals surface area contributed by atoms with Crippen LogP contribution >= 0.6 is 23.7 Å². The molecule has 21 heavy (non-hydrogen) atoms. The van der Waals surface area contributed by atoms with E-state index in [2.05, 4.69) is 10.3 Å². The quantitative estimate of drug-likeness (QED) is 0.785. The first-order valence-electron chi connectivity index (χ1n) is 5.88. The van der Waals surface area contributed by atoms with Crippen molar-refractivity contribution >= 4 is 29.7 Å². The molecule has 1 unspecified atom stereocenters. The van der Waals surface area contributed by atoms with Gasteiger partial charge in [-0.2, -0.15) is 13.2 Å². The maximum absolute atomic E-state index is 12.3. The number of nitrogens with two attached hydrogens (primary N) is 1. The second-order valence-electron chi connectivity index (χ2n) is 4.02. The van der Waals surface area contributed by atoms with Gasteiger partial charge < -0.3 is 15.8 Å². The fourth-order valence-electron chi connectivity index (χ4n) is 1.41. The molecule has 0 saturated carbocycles. The Balaban J connectivity index is 0.00000400.